The fourth-order valence-corrected chi connectivity index (χ4v) is 12.9. The van der Waals surface area contributed by atoms with Crippen LogP contribution in [-0.4, -0.2) is 110 Å². The van der Waals surface area contributed by atoms with Crippen molar-refractivity contribution in [1.29, 1.82) is 0 Å². The van der Waals surface area contributed by atoms with Crippen LogP contribution in [0.4, 0.5) is 0 Å². The van der Waals surface area contributed by atoms with E-state index in [1.807, 2.05) is 0 Å². The van der Waals surface area contributed by atoms with Crippen LogP contribution in [-0.2, 0) is 14.3 Å². The lowest BCUT2D eigenvalue weighted by Crippen LogP contribution is -2.60. The van der Waals surface area contributed by atoms with E-state index in [1.165, 1.54) is 321 Å². The molecule has 0 saturated carbocycles. The Labute approximate surface area is 538 Å². The van der Waals surface area contributed by atoms with Crippen LogP contribution in [0.25, 0.3) is 0 Å². The Bertz CT molecular complexity index is 1420. The molecule has 0 aromatic rings. The number of allylic oxidation sites excluding steroid dienone is 2. The summed E-state index contributed by atoms with van der Waals surface area (Å²) in [6.07, 6.45) is 70.5. The molecule has 87 heavy (non-hydrogen) atoms. The van der Waals surface area contributed by atoms with Crippen LogP contribution in [0, 0.1) is 0 Å². The first kappa shape index (κ1) is 83.9. The molecule has 1 aliphatic rings. The van der Waals surface area contributed by atoms with Crippen molar-refractivity contribution in [3.8, 4) is 0 Å². The van der Waals surface area contributed by atoms with Crippen LogP contribution in [0.2, 0.25) is 0 Å². The molecule has 0 aromatic carbocycles. The molecular formula is C76H149NO10. The van der Waals surface area contributed by atoms with E-state index in [2.05, 4.69) is 31.3 Å². The van der Waals surface area contributed by atoms with Crippen LogP contribution in [0.5, 0.6) is 0 Å². The van der Waals surface area contributed by atoms with Crippen molar-refractivity contribution in [2.24, 2.45) is 0 Å². The van der Waals surface area contributed by atoms with E-state index in [9.17, 15) is 40.5 Å². The highest BCUT2D eigenvalue weighted by Crippen LogP contribution is 2.24. The lowest BCUT2D eigenvalue weighted by atomic mass is 9.98. The highest BCUT2D eigenvalue weighted by Gasteiger charge is 2.44. The van der Waals surface area contributed by atoms with Gasteiger partial charge in [0.1, 0.15) is 36.6 Å². The lowest BCUT2D eigenvalue weighted by Gasteiger charge is -2.40. The zero-order chi connectivity index (χ0) is 63.1. The molecule has 11 nitrogen and oxygen atoms in total. The minimum absolute atomic E-state index is 0.260. The number of amides is 1. The van der Waals surface area contributed by atoms with E-state index < -0.39 is 74.2 Å². The molecule has 0 spiro atoms. The minimum atomic E-state index is -1.67. The van der Waals surface area contributed by atoms with Gasteiger partial charge in [0, 0.05) is 0 Å². The van der Waals surface area contributed by atoms with Crippen molar-refractivity contribution in [2.45, 2.75) is 454 Å². The molecule has 0 bridgehead atoms. The summed E-state index contributed by atoms with van der Waals surface area (Å²) in [4.78, 5) is 13.3. The number of hydrogen-bond acceptors (Lipinski definition) is 10. The third-order valence-corrected chi connectivity index (χ3v) is 19.1. The second-order valence-corrected chi connectivity index (χ2v) is 27.4. The quantitative estimate of drug-likeness (QED) is 0.0215. The normalized spacial score (nSPS) is 18.7. The monoisotopic (exact) mass is 1240 g/mol. The number of carbonyl (C=O) groups excluding carboxylic acids is 1. The summed E-state index contributed by atoms with van der Waals surface area (Å²) in [6, 6.07) is -1.18. The van der Waals surface area contributed by atoms with E-state index in [-0.39, 0.29) is 12.8 Å². The molecule has 1 rings (SSSR count). The number of aliphatic hydroxyl groups is 7. The molecule has 0 radical (unpaired) electrons. The molecule has 1 heterocycles. The number of ether oxygens (including phenoxy) is 2. The zero-order valence-electron chi connectivity index (χ0n) is 57.5. The summed E-state index contributed by atoms with van der Waals surface area (Å²) >= 11 is 0. The largest absolute Gasteiger partial charge is 0.394 e. The molecule has 1 amide bonds. The van der Waals surface area contributed by atoms with Gasteiger partial charge in [0.25, 0.3) is 0 Å². The van der Waals surface area contributed by atoms with Crippen LogP contribution in [0.15, 0.2) is 12.2 Å². The maximum atomic E-state index is 13.3. The molecule has 9 atom stereocenters. The summed E-state index contributed by atoms with van der Waals surface area (Å²) in [5.74, 6) is -0.697. The molecule has 8 N–H and O–H groups in total. The van der Waals surface area contributed by atoms with Gasteiger partial charge >= 0.3 is 0 Å². The van der Waals surface area contributed by atoms with Crippen LogP contribution in [0.1, 0.15) is 399 Å². The van der Waals surface area contributed by atoms with Gasteiger partial charge in [-0.05, 0) is 38.5 Å². The first-order valence-electron chi connectivity index (χ1n) is 38.6. The second kappa shape index (κ2) is 64.9. The molecule has 1 saturated heterocycles. The fraction of sp³-hybridized carbons (Fsp3) is 0.961. The number of nitrogens with one attached hydrogen (secondary N) is 1. The van der Waals surface area contributed by atoms with E-state index in [1.54, 1.807) is 0 Å². The highest BCUT2D eigenvalue weighted by atomic mass is 16.7. The molecule has 0 aromatic heterocycles. The number of unbranched alkanes of at least 4 members (excludes halogenated alkanes) is 55. The summed E-state index contributed by atoms with van der Waals surface area (Å²) in [7, 11) is 0. The predicted octanol–water partition coefficient (Wildman–Crippen LogP) is 19.4. The number of aliphatic hydroxyl groups excluding tert-OH is 7. The van der Waals surface area contributed by atoms with Crippen LogP contribution in [0.3, 0.4) is 0 Å². The van der Waals surface area contributed by atoms with Gasteiger partial charge in [0.2, 0.25) is 5.91 Å². The van der Waals surface area contributed by atoms with Gasteiger partial charge in [-0.3, -0.25) is 4.79 Å². The Kier molecular flexibility index (Phi) is 62.6. The summed E-state index contributed by atoms with van der Waals surface area (Å²) in [6.45, 7) is 3.52. The summed E-state index contributed by atoms with van der Waals surface area (Å²) in [5.41, 5.74) is 0. The average Bonchev–Trinajstić information content (AvgIpc) is 1.97. The Morgan fingerprint density at radius 2 is 0.678 bits per heavy atom. The van der Waals surface area contributed by atoms with Crippen molar-refractivity contribution in [3.05, 3.63) is 12.2 Å². The van der Waals surface area contributed by atoms with Crippen molar-refractivity contribution < 1.29 is 50.0 Å². The maximum Gasteiger partial charge on any atom is 0.249 e. The first-order valence-corrected chi connectivity index (χ1v) is 38.6. The van der Waals surface area contributed by atoms with Gasteiger partial charge in [-0.1, -0.05) is 373 Å². The van der Waals surface area contributed by atoms with Crippen LogP contribution < -0.4 is 5.32 Å². The van der Waals surface area contributed by atoms with Crippen LogP contribution >= 0.6 is 0 Å². The molecule has 11 heteroatoms. The average molecular weight is 1240 g/mol. The zero-order valence-corrected chi connectivity index (χ0v) is 57.5. The Hall–Kier alpha value is -1.15. The number of hydrogen-bond donors (Lipinski definition) is 8. The second-order valence-electron chi connectivity index (χ2n) is 27.4. The number of rotatable bonds is 69. The van der Waals surface area contributed by atoms with Gasteiger partial charge in [0.05, 0.1) is 25.4 Å². The molecule has 1 aliphatic heterocycles. The van der Waals surface area contributed by atoms with Gasteiger partial charge in [-0.15, -0.1) is 0 Å². The summed E-state index contributed by atoms with van der Waals surface area (Å²) in [5, 5.41) is 76.6. The third kappa shape index (κ3) is 52.0. The van der Waals surface area contributed by atoms with Gasteiger partial charge < -0.3 is 50.5 Å². The van der Waals surface area contributed by atoms with Gasteiger partial charge in [0.15, 0.2) is 6.29 Å². The summed E-state index contributed by atoms with van der Waals surface area (Å²) < 4.78 is 11.2. The Morgan fingerprint density at radius 1 is 0.391 bits per heavy atom. The molecular weight excluding hydrogens is 1090 g/mol. The van der Waals surface area contributed by atoms with Crippen molar-refractivity contribution in [3.63, 3.8) is 0 Å². The van der Waals surface area contributed by atoms with Crippen molar-refractivity contribution in [1.82, 2.24) is 5.32 Å². The Balaban J connectivity index is 2.13. The standard InChI is InChI=1S/C76H149NO10/c1-3-5-7-9-11-13-15-17-19-21-23-25-27-29-30-31-32-33-34-35-36-37-38-39-40-42-44-46-48-50-52-54-56-58-60-62-64-69(80)75(85)77-67(66-86-76-74(84)73(83)72(82)70(65-78)87-76)71(81)68(79)63-61-59-57-55-53-51-49-47-45-43-41-28-26-24-22-20-18-16-14-12-10-8-6-4-2/h55,57,67-74,76,78-84H,3-54,56,58-66H2,1-2H3,(H,77,85)/b57-55+. The minimum Gasteiger partial charge on any atom is -0.394 e. The van der Waals surface area contributed by atoms with Gasteiger partial charge in [-0.25, -0.2) is 0 Å². The first-order chi connectivity index (χ1) is 42.7. The van der Waals surface area contributed by atoms with Gasteiger partial charge in [-0.2, -0.15) is 0 Å². The van der Waals surface area contributed by atoms with E-state index in [0.29, 0.717) is 12.8 Å². The van der Waals surface area contributed by atoms with E-state index >= 15 is 0 Å². The van der Waals surface area contributed by atoms with Crippen molar-refractivity contribution >= 4 is 5.91 Å². The van der Waals surface area contributed by atoms with E-state index in [4.69, 9.17) is 9.47 Å². The fourth-order valence-electron chi connectivity index (χ4n) is 12.9. The predicted molar refractivity (Wildman–Crippen MR) is 367 cm³/mol. The third-order valence-electron chi connectivity index (χ3n) is 19.1. The topological polar surface area (TPSA) is 189 Å². The molecule has 9 unspecified atom stereocenters. The molecule has 518 valence electrons. The SMILES string of the molecule is CCCCCCCCCCCCCCCCCCCCC/C=C/CCCC(O)C(O)C(COC1OC(CO)C(O)C(O)C1O)NC(=O)C(O)CCCCCCCCCCCCCCCCCCCCCCCCCCCCCCCCCCCCCC. The Morgan fingerprint density at radius 3 is 0.989 bits per heavy atom. The highest BCUT2D eigenvalue weighted by molar-refractivity contribution is 5.80. The number of carbonyl (C=O) groups is 1. The molecule has 0 aliphatic carbocycles. The van der Waals surface area contributed by atoms with Crippen molar-refractivity contribution in [2.75, 3.05) is 13.2 Å². The molecule has 1 fully saturated rings. The maximum absolute atomic E-state index is 13.3. The van der Waals surface area contributed by atoms with E-state index in [0.717, 1.165) is 38.5 Å². The lowest BCUT2D eigenvalue weighted by molar-refractivity contribution is -0.303. The smallest absolute Gasteiger partial charge is 0.249 e.